The summed E-state index contributed by atoms with van der Waals surface area (Å²) in [6, 6.07) is 8.83. The highest BCUT2D eigenvalue weighted by molar-refractivity contribution is 5.89. The molecule has 1 aliphatic carbocycles. The second-order valence-electron chi connectivity index (χ2n) is 5.29. The SMILES string of the molecule is COC(=O)c1ccc(C2CC2NC2CCOC2)cc1. The minimum atomic E-state index is -0.278. The molecule has 1 aromatic carbocycles. The van der Waals surface area contributed by atoms with Crippen molar-refractivity contribution >= 4 is 5.97 Å². The first-order valence-electron chi connectivity index (χ1n) is 6.80. The Bertz CT molecular complexity index is 451. The molecule has 1 aliphatic heterocycles. The Labute approximate surface area is 113 Å². The Balaban J connectivity index is 1.57. The molecule has 102 valence electrons. The van der Waals surface area contributed by atoms with Crippen LogP contribution in [0.5, 0.6) is 0 Å². The van der Waals surface area contributed by atoms with Gasteiger partial charge in [0, 0.05) is 24.6 Å². The molecule has 1 saturated carbocycles. The maximum atomic E-state index is 11.4. The number of benzene rings is 1. The van der Waals surface area contributed by atoms with E-state index in [4.69, 9.17) is 9.47 Å². The Morgan fingerprint density at radius 2 is 2.16 bits per heavy atom. The normalized spacial score (nSPS) is 29.2. The quantitative estimate of drug-likeness (QED) is 0.838. The summed E-state index contributed by atoms with van der Waals surface area (Å²) in [7, 11) is 1.40. The Kier molecular flexibility index (Phi) is 3.53. The van der Waals surface area contributed by atoms with Crippen LogP contribution < -0.4 is 5.32 Å². The lowest BCUT2D eigenvalue weighted by Crippen LogP contribution is -2.31. The summed E-state index contributed by atoms with van der Waals surface area (Å²) in [5.74, 6) is 0.299. The summed E-state index contributed by atoms with van der Waals surface area (Å²) in [4.78, 5) is 11.4. The second kappa shape index (κ2) is 5.31. The van der Waals surface area contributed by atoms with E-state index in [-0.39, 0.29) is 5.97 Å². The van der Waals surface area contributed by atoms with Crippen molar-refractivity contribution in [3.63, 3.8) is 0 Å². The highest BCUT2D eigenvalue weighted by Crippen LogP contribution is 2.41. The van der Waals surface area contributed by atoms with Crippen molar-refractivity contribution in [2.45, 2.75) is 30.8 Å². The molecule has 1 saturated heterocycles. The summed E-state index contributed by atoms with van der Waals surface area (Å²) in [6.07, 6.45) is 2.29. The lowest BCUT2D eigenvalue weighted by Gasteiger charge is -2.10. The number of esters is 1. The fraction of sp³-hybridized carbons (Fsp3) is 0.533. The van der Waals surface area contributed by atoms with Crippen molar-refractivity contribution in [3.05, 3.63) is 35.4 Å². The van der Waals surface area contributed by atoms with E-state index in [0.717, 1.165) is 19.6 Å². The van der Waals surface area contributed by atoms with E-state index in [9.17, 15) is 4.79 Å². The number of carbonyl (C=O) groups excluding carboxylic acids is 1. The molecule has 3 unspecified atom stereocenters. The number of methoxy groups -OCH3 is 1. The molecule has 2 fully saturated rings. The van der Waals surface area contributed by atoms with Crippen LogP contribution in [0.25, 0.3) is 0 Å². The van der Waals surface area contributed by atoms with Gasteiger partial charge in [-0.1, -0.05) is 12.1 Å². The second-order valence-corrected chi connectivity index (χ2v) is 5.29. The van der Waals surface area contributed by atoms with Crippen LogP contribution in [0.2, 0.25) is 0 Å². The zero-order valence-corrected chi connectivity index (χ0v) is 11.1. The van der Waals surface area contributed by atoms with E-state index < -0.39 is 0 Å². The van der Waals surface area contributed by atoms with Crippen LogP contribution in [0.15, 0.2) is 24.3 Å². The smallest absolute Gasteiger partial charge is 0.337 e. The average Bonchev–Trinajstić information content (AvgIpc) is 3.01. The summed E-state index contributed by atoms with van der Waals surface area (Å²) >= 11 is 0. The van der Waals surface area contributed by atoms with Gasteiger partial charge in [-0.15, -0.1) is 0 Å². The average molecular weight is 261 g/mol. The summed E-state index contributed by atoms with van der Waals surface area (Å²) in [5, 5.41) is 3.63. The third kappa shape index (κ3) is 2.80. The van der Waals surface area contributed by atoms with Crippen molar-refractivity contribution in [1.82, 2.24) is 5.32 Å². The van der Waals surface area contributed by atoms with Crippen molar-refractivity contribution < 1.29 is 14.3 Å². The topological polar surface area (TPSA) is 47.6 Å². The number of ether oxygens (including phenoxy) is 2. The molecule has 1 aromatic rings. The van der Waals surface area contributed by atoms with Crippen LogP contribution in [0.1, 0.15) is 34.7 Å². The van der Waals surface area contributed by atoms with Crippen molar-refractivity contribution in [2.75, 3.05) is 20.3 Å². The molecular formula is C15H19NO3. The first-order valence-corrected chi connectivity index (χ1v) is 6.80. The maximum Gasteiger partial charge on any atom is 0.337 e. The van der Waals surface area contributed by atoms with E-state index in [0.29, 0.717) is 23.6 Å². The molecule has 3 atom stereocenters. The van der Waals surface area contributed by atoms with Crippen molar-refractivity contribution in [2.24, 2.45) is 0 Å². The molecule has 0 amide bonds. The first kappa shape index (κ1) is 12.6. The molecule has 19 heavy (non-hydrogen) atoms. The lowest BCUT2D eigenvalue weighted by molar-refractivity contribution is 0.0600. The predicted molar refractivity (Wildman–Crippen MR) is 71.3 cm³/mol. The van der Waals surface area contributed by atoms with Gasteiger partial charge in [-0.2, -0.15) is 0 Å². The van der Waals surface area contributed by atoms with Gasteiger partial charge in [0.15, 0.2) is 0 Å². The molecule has 0 spiro atoms. The molecule has 0 bridgehead atoms. The maximum absolute atomic E-state index is 11.4. The molecular weight excluding hydrogens is 242 g/mol. The van der Waals surface area contributed by atoms with E-state index >= 15 is 0 Å². The minimum Gasteiger partial charge on any atom is -0.465 e. The Hall–Kier alpha value is -1.39. The van der Waals surface area contributed by atoms with Crippen molar-refractivity contribution in [1.29, 1.82) is 0 Å². The highest BCUT2D eigenvalue weighted by Gasteiger charge is 2.39. The highest BCUT2D eigenvalue weighted by atomic mass is 16.5. The zero-order chi connectivity index (χ0) is 13.2. The Morgan fingerprint density at radius 1 is 1.37 bits per heavy atom. The van der Waals surface area contributed by atoms with Gasteiger partial charge in [0.05, 0.1) is 19.3 Å². The monoisotopic (exact) mass is 261 g/mol. The van der Waals surface area contributed by atoms with Gasteiger partial charge >= 0.3 is 5.97 Å². The fourth-order valence-corrected chi connectivity index (χ4v) is 2.70. The van der Waals surface area contributed by atoms with E-state index in [2.05, 4.69) is 5.32 Å². The standard InChI is InChI=1S/C15H19NO3/c1-18-15(17)11-4-2-10(3-5-11)13-8-14(13)16-12-6-7-19-9-12/h2-5,12-14,16H,6-9H2,1H3. The largest absolute Gasteiger partial charge is 0.465 e. The van der Waals surface area contributed by atoms with Gasteiger partial charge in [0.2, 0.25) is 0 Å². The lowest BCUT2D eigenvalue weighted by atomic mass is 10.1. The van der Waals surface area contributed by atoms with Gasteiger partial charge in [0.1, 0.15) is 0 Å². The molecule has 0 radical (unpaired) electrons. The number of hydrogen-bond acceptors (Lipinski definition) is 4. The van der Waals surface area contributed by atoms with E-state index in [1.807, 2.05) is 24.3 Å². The van der Waals surface area contributed by atoms with Crippen LogP contribution in [0.3, 0.4) is 0 Å². The number of hydrogen-bond donors (Lipinski definition) is 1. The number of carbonyl (C=O) groups is 1. The molecule has 4 heteroatoms. The van der Waals surface area contributed by atoms with Gasteiger partial charge in [-0.25, -0.2) is 4.79 Å². The number of nitrogens with one attached hydrogen (secondary N) is 1. The van der Waals surface area contributed by atoms with Gasteiger partial charge < -0.3 is 14.8 Å². The first-order chi connectivity index (χ1) is 9.28. The third-order valence-electron chi connectivity index (χ3n) is 3.93. The summed E-state index contributed by atoms with van der Waals surface area (Å²) in [6.45, 7) is 1.72. The summed E-state index contributed by atoms with van der Waals surface area (Å²) in [5.41, 5.74) is 1.91. The van der Waals surface area contributed by atoms with E-state index in [1.54, 1.807) is 0 Å². The van der Waals surface area contributed by atoms with Gasteiger partial charge in [0.25, 0.3) is 0 Å². The van der Waals surface area contributed by atoms with Crippen LogP contribution in [-0.4, -0.2) is 38.4 Å². The molecule has 3 rings (SSSR count). The van der Waals surface area contributed by atoms with Crippen LogP contribution >= 0.6 is 0 Å². The molecule has 2 aliphatic rings. The zero-order valence-electron chi connectivity index (χ0n) is 11.1. The fourth-order valence-electron chi connectivity index (χ4n) is 2.70. The van der Waals surface area contributed by atoms with Crippen LogP contribution in [0, 0.1) is 0 Å². The Morgan fingerprint density at radius 3 is 2.79 bits per heavy atom. The third-order valence-corrected chi connectivity index (χ3v) is 3.93. The molecule has 1 N–H and O–H groups in total. The summed E-state index contributed by atoms with van der Waals surface area (Å²) < 4.78 is 10.1. The van der Waals surface area contributed by atoms with Crippen LogP contribution in [-0.2, 0) is 9.47 Å². The number of rotatable bonds is 4. The predicted octanol–water partition coefficient (Wildman–Crippen LogP) is 1.71. The van der Waals surface area contributed by atoms with Gasteiger partial charge in [-0.05, 0) is 30.5 Å². The van der Waals surface area contributed by atoms with Crippen LogP contribution in [0.4, 0.5) is 0 Å². The minimum absolute atomic E-state index is 0.278. The van der Waals surface area contributed by atoms with E-state index in [1.165, 1.54) is 19.1 Å². The van der Waals surface area contributed by atoms with Crippen molar-refractivity contribution in [3.8, 4) is 0 Å². The molecule has 0 aromatic heterocycles. The molecule has 4 nitrogen and oxygen atoms in total. The molecule has 1 heterocycles. The van der Waals surface area contributed by atoms with Gasteiger partial charge in [-0.3, -0.25) is 0 Å².